The van der Waals surface area contributed by atoms with Crippen LogP contribution in [0.1, 0.15) is 72.2 Å². The Morgan fingerprint density at radius 2 is 1.16 bits per heavy atom. The predicted octanol–water partition coefficient (Wildman–Crippen LogP) is 18.1. The van der Waals surface area contributed by atoms with Crippen molar-refractivity contribution in [1.82, 2.24) is 19.9 Å². The van der Waals surface area contributed by atoms with Crippen molar-refractivity contribution in [3.63, 3.8) is 0 Å². The Hall–Kier alpha value is -5.99. The monoisotopic (exact) mass is 1260 g/mol. The number of aliphatic imine (C=N–C) groups is 1. The summed E-state index contributed by atoms with van der Waals surface area (Å²) in [5.74, 6) is 0.602. The van der Waals surface area contributed by atoms with Gasteiger partial charge in [0.05, 0.1) is 74.5 Å². The molecule has 0 aliphatic carbocycles. The molecular formula is C58H47ClN6O7S9. The van der Waals surface area contributed by atoms with Gasteiger partial charge in [0, 0.05) is 11.6 Å². The number of carbonyl (C=O) groups is 2. The van der Waals surface area contributed by atoms with Crippen LogP contribution in [0.2, 0.25) is 0 Å². The Balaban J connectivity index is 0.000000128. The number of hydrogen-bond acceptors (Lipinski definition) is 21. The molecule has 0 saturated heterocycles. The van der Waals surface area contributed by atoms with Crippen LogP contribution in [-0.2, 0) is 44.2 Å². The third kappa shape index (κ3) is 13.3. The molecule has 13 rings (SSSR count). The average molecular weight is 1260 g/mol. The zero-order valence-corrected chi connectivity index (χ0v) is 52.0. The number of amides is 1. The van der Waals surface area contributed by atoms with Crippen molar-refractivity contribution in [2.75, 3.05) is 4.90 Å². The molecule has 0 bridgehead atoms. The third-order valence-corrected chi connectivity index (χ3v) is 21.3. The normalized spacial score (nSPS) is 14.9. The maximum absolute atomic E-state index is 13.3. The van der Waals surface area contributed by atoms with E-state index < -0.39 is 34.6 Å². The summed E-state index contributed by atoms with van der Waals surface area (Å²) in [7, 11) is 0. The fraction of sp³-hybridized carbons (Fsp3) is 0.207. The molecule has 1 atom stereocenters. The maximum atomic E-state index is 13.3. The number of anilines is 1. The van der Waals surface area contributed by atoms with Gasteiger partial charge in [-0.2, -0.15) is 0 Å². The molecule has 3 aliphatic rings. The van der Waals surface area contributed by atoms with E-state index in [0.29, 0.717) is 23.0 Å². The Kier molecular flexibility index (Phi) is 17.6. The number of halogens is 1. The Morgan fingerprint density at radius 3 is 1.79 bits per heavy atom. The average Bonchev–Trinajstić information content (AvgIpc) is 3.32. The Morgan fingerprint density at radius 1 is 0.642 bits per heavy atom. The van der Waals surface area contributed by atoms with E-state index in [1.54, 1.807) is 59.0 Å². The fourth-order valence-electron chi connectivity index (χ4n) is 8.58. The van der Waals surface area contributed by atoms with Gasteiger partial charge in [-0.15, -0.1) is 68.0 Å². The molecule has 13 nitrogen and oxygen atoms in total. The molecule has 5 aromatic carbocycles. The molecule has 3 aliphatic heterocycles. The van der Waals surface area contributed by atoms with E-state index in [9.17, 15) is 14.7 Å². The minimum Gasteiger partial charge on any atom is -0.464 e. The lowest BCUT2D eigenvalue weighted by Gasteiger charge is -2.43. The molecule has 0 saturated carbocycles. The summed E-state index contributed by atoms with van der Waals surface area (Å²) < 4.78 is 25.2. The van der Waals surface area contributed by atoms with Crippen LogP contribution in [0.3, 0.4) is 0 Å². The van der Waals surface area contributed by atoms with Crippen LogP contribution in [0.5, 0.6) is 5.88 Å². The quantitative estimate of drug-likeness (QED) is 0.124. The molecule has 8 heterocycles. The molecule has 23 heteroatoms. The van der Waals surface area contributed by atoms with E-state index in [1.807, 2.05) is 161 Å². The fourth-order valence-corrected chi connectivity index (χ4v) is 17.0. The molecule has 5 aromatic heterocycles. The number of nitrogens with zero attached hydrogens (tertiary/aromatic N) is 6. The Labute approximate surface area is 510 Å². The van der Waals surface area contributed by atoms with Gasteiger partial charge in [-0.3, -0.25) is 4.98 Å². The molecule has 0 spiro atoms. The zero-order valence-electron chi connectivity index (χ0n) is 43.9. The van der Waals surface area contributed by atoms with Crippen LogP contribution in [0, 0.1) is 9.41 Å². The van der Waals surface area contributed by atoms with Gasteiger partial charge >= 0.3 is 11.5 Å². The van der Waals surface area contributed by atoms with Crippen LogP contribution < -0.4 is 9.64 Å². The topological polar surface area (TPSA) is 158 Å². The number of para-hydroxylation sites is 6. The lowest BCUT2D eigenvalue weighted by Crippen LogP contribution is -2.54. The third-order valence-electron chi connectivity index (χ3n) is 12.3. The highest BCUT2D eigenvalue weighted by atomic mass is 35.5. The van der Waals surface area contributed by atoms with E-state index in [2.05, 4.69) is 19.7 Å². The van der Waals surface area contributed by atoms with Crippen LogP contribution in [0.4, 0.5) is 21.0 Å². The second-order valence-corrected chi connectivity index (χ2v) is 29.5. The van der Waals surface area contributed by atoms with Crippen molar-refractivity contribution in [1.29, 1.82) is 0 Å². The molecule has 1 unspecified atom stereocenters. The number of hydrogen-bond donors (Lipinski definition) is 1. The van der Waals surface area contributed by atoms with E-state index in [4.69, 9.17) is 72.4 Å². The van der Waals surface area contributed by atoms with Gasteiger partial charge < -0.3 is 24.1 Å². The first-order valence-corrected chi connectivity index (χ1v) is 31.3. The van der Waals surface area contributed by atoms with Gasteiger partial charge in [0.1, 0.15) is 50.9 Å². The first kappa shape index (κ1) is 58.2. The molecule has 81 heavy (non-hydrogen) atoms. The minimum atomic E-state index is -0.930. The Bertz CT molecular complexity index is 4150. The number of fused-ring (bicyclic) bond motifs is 9. The smallest absolute Gasteiger partial charge is 0.417 e. The van der Waals surface area contributed by atoms with E-state index in [0.717, 1.165) is 83.3 Å². The van der Waals surface area contributed by atoms with Crippen molar-refractivity contribution in [3.05, 3.63) is 180 Å². The largest absolute Gasteiger partial charge is 0.464 e. The highest BCUT2D eigenvalue weighted by Gasteiger charge is 2.47. The first-order valence-electron chi connectivity index (χ1n) is 24.8. The SMILES string of the molecule is CC(C)(O)c1sc(=S)sc1-c1cnc2ccccc2n1.CC1(C)OC2C(=Nc3ccccc3N2C(=O)OCc2ccccc2)c2sc(=S)sc21.CC1(C)Oc2nc3ccccc3nc2-c2sc(=S)sc21.O=C(Cl)OCc1ccccc1. The molecule has 0 fully saturated rings. The maximum Gasteiger partial charge on any atom is 0.417 e. The van der Waals surface area contributed by atoms with E-state index in [1.165, 1.54) is 34.0 Å². The summed E-state index contributed by atoms with van der Waals surface area (Å²) in [4.78, 5) is 54.3. The van der Waals surface area contributed by atoms with E-state index >= 15 is 0 Å². The minimum absolute atomic E-state index is 0.184. The number of aromatic nitrogens is 4. The van der Waals surface area contributed by atoms with Gasteiger partial charge in [0.25, 0.3) is 0 Å². The van der Waals surface area contributed by atoms with Crippen molar-refractivity contribution in [3.8, 4) is 27.0 Å². The van der Waals surface area contributed by atoms with Gasteiger partial charge in [-0.05, 0) is 89.1 Å². The number of benzene rings is 5. The van der Waals surface area contributed by atoms with Crippen LogP contribution in [0.15, 0.2) is 145 Å². The summed E-state index contributed by atoms with van der Waals surface area (Å²) in [5.41, 5.74) is 6.25. The van der Waals surface area contributed by atoms with Gasteiger partial charge in [0.15, 0.2) is 6.23 Å². The number of rotatable bonds is 6. The molecule has 10 aromatic rings. The highest BCUT2D eigenvalue weighted by Crippen LogP contribution is 2.50. The predicted molar refractivity (Wildman–Crippen MR) is 337 cm³/mol. The van der Waals surface area contributed by atoms with Crippen LogP contribution in [0.25, 0.3) is 43.2 Å². The summed E-state index contributed by atoms with van der Waals surface area (Å²) in [5, 5.41) is 10.3. The molecule has 1 N–H and O–H groups in total. The van der Waals surface area contributed by atoms with Crippen LogP contribution >= 0.6 is 116 Å². The number of carbonyl (C=O) groups excluding carboxylic acids is 2. The first-order chi connectivity index (χ1) is 38.7. The molecular weight excluding hydrogens is 1220 g/mol. The van der Waals surface area contributed by atoms with E-state index in [-0.39, 0.29) is 13.2 Å². The molecule has 1 amide bonds. The second kappa shape index (κ2) is 24.5. The second-order valence-electron chi connectivity index (χ2n) is 19.5. The van der Waals surface area contributed by atoms with Gasteiger partial charge in [-0.1, -0.05) is 134 Å². The standard InChI is InChI=1S/C22H18N2O3S3.C14H10N2OS3.C14H12N2OS3.C8H7ClO2/c1-22(2)18-17(29-21(28)30-18)16-19(27-22)24(15-11-7-6-10-14(15)23-16)20(25)26-12-13-8-4-3-5-9-13;1-14(2)11-10(19-13(18)20-11)9-12(17-14)16-8-6-4-3-5-7(8)15-9;1-14(2,17)12-11(19-13(18)20-12)10-7-15-8-5-3-4-6-9(8)16-10;9-8(10)11-6-7-4-2-1-3-5-7/h3-11,19H,12H2,1-2H3;3-6H,1-2H3;3-7,17H,1-2H3;1-5H,6H2. The van der Waals surface area contributed by atoms with Crippen molar-refractivity contribution >= 4 is 167 Å². The highest BCUT2D eigenvalue weighted by molar-refractivity contribution is 7.77. The number of ether oxygens (including phenoxy) is 4. The molecule has 412 valence electrons. The van der Waals surface area contributed by atoms with Crippen molar-refractivity contribution < 1.29 is 33.6 Å². The summed E-state index contributed by atoms with van der Waals surface area (Å²) in [6.07, 6.45) is 0.595. The van der Waals surface area contributed by atoms with Crippen molar-refractivity contribution in [2.24, 2.45) is 4.99 Å². The van der Waals surface area contributed by atoms with Gasteiger partial charge in [0.2, 0.25) is 5.88 Å². The summed E-state index contributed by atoms with van der Waals surface area (Å²) in [6, 6.07) is 42.1. The summed E-state index contributed by atoms with van der Waals surface area (Å²) in [6.45, 7) is 12.0. The van der Waals surface area contributed by atoms with Crippen LogP contribution in [-0.4, -0.2) is 48.5 Å². The molecule has 0 radical (unpaired) electrons. The lowest BCUT2D eigenvalue weighted by atomic mass is 9.99. The zero-order chi connectivity index (χ0) is 57.2. The lowest BCUT2D eigenvalue weighted by molar-refractivity contribution is -0.0500. The van der Waals surface area contributed by atoms with Crippen molar-refractivity contribution in [2.45, 2.75) is 77.8 Å². The van der Waals surface area contributed by atoms with Gasteiger partial charge in [-0.25, -0.2) is 34.4 Å². The summed E-state index contributed by atoms with van der Waals surface area (Å²) >= 11 is 30.2. The number of aliphatic hydroxyl groups is 1.